The second kappa shape index (κ2) is 9.42. The molecule has 150 valence electrons. The minimum atomic E-state index is -4.54. The topological polar surface area (TPSA) is 104 Å². The molecular weight excluding hydrogens is 399 g/mol. The number of thioether (sulfide) groups is 1. The molecule has 7 nitrogen and oxygen atoms in total. The molecule has 1 aromatic carbocycles. The minimum Gasteiger partial charge on any atom is -0.478 e. The van der Waals surface area contributed by atoms with Crippen LogP contribution in [0.4, 0.5) is 18.9 Å². The average Bonchev–Trinajstić information content (AvgIpc) is 3.08. The monoisotopic (exact) mass is 415 g/mol. The van der Waals surface area contributed by atoms with Gasteiger partial charge in [-0.1, -0.05) is 12.1 Å². The molecule has 1 amide bonds. The summed E-state index contributed by atoms with van der Waals surface area (Å²) >= 11 is 1.18. The van der Waals surface area contributed by atoms with Crippen LogP contribution in [0.1, 0.15) is 5.69 Å². The number of hydrogen-bond donors (Lipinski definition) is 3. The van der Waals surface area contributed by atoms with Gasteiger partial charge in [-0.05, 0) is 18.2 Å². The van der Waals surface area contributed by atoms with Crippen molar-refractivity contribution >= 4 is 29.3 Å². The second-order valence-corrected chi connectivity index (χ2v) is 6.60. The predicted octanol–water partition coefficient (Wildman–Crippen LogP) is 2.63. The van der Waals surface area contributed by atoms with E-state index in [9.17, 15) is 27.9 Å². The Kier molecular flexibility index (Phi) is 7.24. The Balaban J connectivity index is 1.94. The van der Waals surface area contributed by atoms with Crippen molar-refractivity contribution < 1.29 is 33.0 Å². The molecule has 0 radical (unpaired) electrons. The SMILES string of the molecule is O=C(O)C=CC(=O)Nc1ccccc1SCC(O)Cn1ccc(C(F)(F)F)n1. The van der Waals surface area contributed by atoms with Crippen molar-refractivity contribution in [2.24, 2.45) is 0 Å². The number of amides is 1. The second-order valence-electron chi connectivity index (χ2n) is 5.54. The Morgan fingerprint density at radius 2 is 1.96 bits per heavy atom. The Morgan fingerprint density at radius 1 is 1.25 bits per heavy atom. The van der Waals surface area contributed by atoms with Crippen LogP contribution in [0.15, 0.2) is 53.6 Å². The summed E-state index contributed by atoms with van der Waals surface area (Å²) in [5.74, 6) is -1.75. The zero-order valence-corrected chi connectivity index (χ0v) is 15.1. The molecule has 1 aromatic heterocycles. The lowest BCUT2D eigenvalue weighted by Gasteiger charge is -2.13. The van der Waals surface area contributed by atoms with E-state index in [1.54, 1.807) is 24.3 Å². The third-order valence-electron chi connectivity index (χ3n) is 3.28. The number of carbonyl (C=O) groups is 2. The molecule has 0 bridgehead atoms. The fraction of sp³-hybridized carbons (Fsp3) is 0.235. The molecule has 0 saturated carbocycles. The number of hydrogen-bond acceptors (Lipinski definition) is 5. The number of benzene rings is 1. The molecule has 0 spiro atoms. The predicted molar refractivity (Wildman–Crippen MR) is 95.8 cm³/mol. The summed E-state index contributed by atoms with van der Waals surface area (Å²) in [4.78, 5) is 22.8. The summed E-state index contributed by atoms with van der Waals surface area (Å²) in [5.41, 5.74) is -0.618. The van der Waals surface area contributed by atoms with Gasteiger partial charge < -0.3 is 15.5 Å². The molecule has 3 N–H and O–H groups in total. The summed E-state index contributed by atoms with van der Waals surface area (Å²) in [7, 11) is 0. The van der Waals surface area contributed by atoms with Crippen molar-refractivity contribution in [3.8, 4) is 0 Å². The molecule has 0 aliphatic carbocycles. The zero-order chi connectivity index (χ0) is 20.7. The van der Waals surface area contributed by atoms with E-state index < -0.39 is 29.9 Å². The molecule has 1 unspecified atom stereocenters. The van der Waals surface area contributed by atoms with Gasteiger partial charge in [-0.2, -0.15) is 18.3 Å². The Morgan fingerprint density at radius 3 is 2.61 bits per heavy atom. The number of aliphatic carboxylic acids is 1. The molecule has 0 saturated heterocycles. The van der Waals surface area contributed by atoms with Gasteiger partial charge in [-0.3, -0.25) is 9.48 Å². The Labute approximate surface area is 161 Å². The lowest BCUT2D eigenvalue weighted by atomic mass is 10.3. The first-order chi connectivity index (χ1) is 13.1. The quantitative estimate of drug-likeness (QED) is 0.452. The van der Waals surface area contributed by atoms with Crippen LogP contribution in [0.2, 0.25) is 0 Å². The molecule has 0 aliphatic heterocycles. The number of aliphatic hydroxyl groups is 1. The van der Waals surface area contributed by atoms with Crippen LogP contribution >= 0.6 is 11.8 Å². The number of rotatable bonds is 8. The van der Waals surface area contributed by atoms with Crippen molar-refractivity contribution in [2.75, 3.05) is 11.1 Å². The molecule has 1 heterocycles. The highest BCUT2D eigenvalue weighted by Crippen LogP contribution is 2.29. The van der Waals surface area contributed by atoms with Crippen LogP contribution in [0.3, 0.4) is 0 Å². The number of anilines is 1. The Hall–Kier alpha value is -2.79. The number of nitrogens with one attached hydrogen (secondary N) is 1. The maximum Gasteiger partial charge on any atom is 0.435 e. The lowest BCUT2D eigenvalue weighted by Crippen LogP contribution is -2.20. The van der Waals surface area contributed by atoms with Gasteiger partial charge in [-0.15, -0.1) is 11.8 Å². The van der Waals surface area contributed by atoms with Crippen LogP contribution in [0.25, 0.3) is 0 Å². The normalized spacial score (nSPS) is 12.9. The number of aromatic nitrogens is 2. The van der Waals surface area contributed by atoms with E-state index >= 15 is 0 Å². The number of carboxylic acids is 1. The number of halogens is 3. The van der Waals surface area contributed by atoms with E-state index in [4.69, 9.17) is 5.11 Å². The highest BCUT2D eigenvalue weighted by Gasteiger charge is 2.33. The van der Waals surface area contributed by atoms with Gasteiger partial charge in [0.1, 0.15) is 0 Å². The molecule has 11 heteroatoms. The first-order valence-corrected chi connectivity index (χ1v) is 8.86. The van der Waals surface area contributed by atoms with E-state index in [0.717, 1.165) is 23.0 Å². The zero-order valence-electron chi connectivity index (χ0n) is 14.3. The lowest BCUT2D eigenvalue weighted by molar-refractivity contribution is -0.141. The number of para-hydroxylation sites is 1. The number of nitrogens with zero attached hydrogens (tertiary/aromatic N) is 2. The van der Waals surface area contributed by atoms with Gasteiger partial charge >= 0.3 is 12.1 Å². The van der Waals surface area contributed by atoms with Crippen LogP contribution in [-0.4, -0.2) is 43.7 Å². The van der Waals surface area contributed by atoms with Gasteiger partial charge in [0, 0.05) is 29.0 Å². The van der Waals surface area contributed by atoms with E-state index in [0.29, 0.717) is 16.7 Å². The van der Waals surface area contributed by atoms with Crippen molar-refractivity contribution in [3.63, 3.8) is 0 Å². The molecule has 1 atom stereocenters. The largest absolute Gasteiger partial charge is 0.478 e. The van der Waals surface area contributed by atoms with Crippen molar-refractivity contribution in [1.29, 1.82) is 0 Å². The Bertz CT molecular complexity index is 867. The van der Waals surface area contributed by atoms with E-state index in [1.165, 1.54) is 11.8 Å². The number of carboxylic acid groups (broad SMARTS) is 1. The molecule has 0 aliphatic rings. The fourth-order valence-corrected chi connectivity index (χ4v) is 3.01. The van der Waals surface area contributed by atoms with Crippen molar-refractivity contribution in [3.05, 3.63) is 54.4 Å². The maximum atomic E-state index is 12.5. The highest BCUT2D eigenvalue weighted by atomic mass is 32.2. The fourth-order valence-electron chi connectivity index (χ4n) is 2.09. The maximum absolute atomic E-state index is 12.5. The summed E-state index contributed by atoms with van der Waals surface area (Å²) in [5, 5.41) is 24.5. The first-order valence-electron chi connectivity index (χ1n) is 7.87. The van der Waals surface area contributed by atoms with Crippen molar-refractivity contribution in [2.45, 2.75) is 23.7 Å². The third kappa shape index (κ3) is 6.74. The van der Waals surface area contributed by atoms with Crippen LogP contribution in [0.5, 0.6) is 0 Å². The molecule has 2 rings (SSSR count). The molecular formula is C17H16F3N3O4S. The van der Waals surface area contributed by atoms with E-state index in [1.807, 2.05) is 0 Å². The van der Waals surface area contributed by atoms with Gasteiger partial charge in [0.25, 0.3) is 0 Å². The molecule has 2 aromatic rings. The number of alkyl halides is 3. The molecule has 28 heavy (non-hydrogen) atoms. The van der Waals surface area contributed by atoms with Crippen LogP contribution in [-0.2, 0) is 22.3 Å². The summed E-state index contributed by atoms with van der Waals surface area (Å²) in [6, 6.07) is 7.49. The van der Waals surface area contributed by atoms with Crippen molar-refractivity contribution in [1.82, 2.24) is 9.78 Å². The minimum absolute atomic E-state index is 0.126. The van der Waals surface area contributed by atoms with Gasteiger partial charge in [-0.25, -0.2) is 4.79 Å². The summed E-state index contributed by atoms with van der Waals surface area (Å²) in [6.45, 7) is -0.126. The van der Waals surface area contributed by atoms with E-state index in [-0.39, 0.29) is 12.3 Å². The van der Waals surface area contributed by atoms with Gasteiger partial charge in [0.15, 0.2) is 5.69 Å². The number of aliphatic hydroxyl groups excluding tert-OH is 1. The molecule has 0 fully saturated rings. The van der Waals surface area contributed by atoms with E-state index in [2.05, 4.69) is 10.4 Å². The average molecular weight is 415 g/mol. The third-order valence-corrected chi connectivity index (χ3v) is 4.50. The van der Waals surface area contributed by atoms with Gasteiger partial charge in [0.2, 0.25) is 5.91 Å². The summed E-state index contributed by atoms with van der Waals surface area (Å²) in [6.07, 6.45) is -2.82. The standard InChI is InChI=1S/C17H16F3N3O4S/c18-17(19,20)14-7-8-23(22-14)9-11(24)10-28-13-4-2-1-3-12(13)21-15(25)5-6-16(26)27/h1-8,11,24H,9-10H2,(H,21,25)(H,26,27). The smallest absolute Gasteiger partial charge is 0.435 e. The van der Waals surface area contributed by atoms with Gasteiger partial charge in [0.05, 0.1) is 18.3 Å². The first kappa shape index (κ1) is 21.5. The number of carbonyl (C=O) groups excluding carboxylic acids is 1. The van der Waals surface area contributed by atoms with Crippen LogP contribution in [0, 0.1) is 0 Å². The summed E-state index contributed by atoms with van der Waals surface area (Å²) < 4.78 is 38.6. The van der Waals surface area contributed by atoms with Crippen LogP contribution < -0.4 is 5.32 Å². The highest BCUT2D eigenvalue weighted by molar-refractivity contribution is 7.99.